The van der Waals surface area contributed by atoms with Crippen LogP contribution in [0.25, 0.3) is 0 Å². The van der Waals surface area contributed by atoms with Gasteiger partial charge in [0, 0.05) is 30.9 Å². The van der Waals surface area contributed by atoms with E-state index in [4.69, 9.17) is 0 Å². The molecule has 3 amide bonds. The van der Waals surface area contributed by atoms with Crippen LogP contribution < -0.4 is 15.5 Å². The smallest absolute Gasteiger partial charge is 0.244 e. The number of hydrogen-bond donors (Lipinski definition) is 2. The van der Waals surface area contributed by atoms with Crippen molar-refractivity contribution in [3.63, 3.8) is 0 Å². The van der Waals surface area contributed by atoms with Crippen molar-refractivity contribution in [3.05, 3.63) is 54.3 Å². The Hall–Kier alpha value is -3.22. The lowest BCUT2D eigenvalue weighted by Gasteiger charge is -2.21. The number of amides is 3. The Labute approximate surface area is 144 Å². The van der Waals surface area contributed by atoms with Crippen molar-refractivity contribution in [3.8, 4) is 0 Å². The van der Waals surface area contributed by atoms with Gasteiger partial charge in [-0.25, -0.2) is 4.39 Å². The van der Waals surface area contributed by atoms with Gasteiger partial charge in [0.25, 0.3) is 0 Å². The molecule has 0 aliphatic heterocycles. The van der Waals surface area contributed by atoms with Crippen molar-refractivity contribution in [1.82, 2.24) is 0 Å². The zero-order valence-corrected chi connectivity index (χ0v) is 13.9. The molecule has 0 unspecified atom stereocenters. The van der Waals surface area contributed by atoms with E-state index < -0.39 is 11.7 Å². The van der Waals surface area contributed by atoms with Gasteiger partial charge in [0.1, 0.15) is 12.4 Å². The number of carbonyl (C=O) groups excluding carboxylic acids is 3. The molecule has 0 fully saturated rings. The molecule has 0 heterocycles. The van der Waals surface area contributed by atoms with E-state index in [2.05, 4.69) is 10.6 Å². The van der Waals surface area contributed by atoms with E-state index in [-0.39, 0.29) is 18.4 Å². The first-order valence-electron chi connectivity index (χ1n) is 7.56. The van der Waals surface area contributed by atoms with Crippen LogP contribution in [0.2, 0.25) is 0 Å². The van der Waals surface area contributed by atoms with E-state index in [0.29, 0.717) is 17.1 Å². The molecule has 130 valence electrons. The predicted octanol–water partition coefficient (Wildman–Crippen LogP) is 2.78. The number of nitrogens with one attached hydrogen (secondary N) is 2. The second kappa shape index (κ2) is 8.05. The summed E-state index contributed by atoms with van der Waals surface area (Å²) in [5.41, 5.74) is 1.44. The fourth-order valence-electron chi connectivity index (χ4n) is 2.22. The van der Waals surface area contributed by atoms with Gasteiger partial charge in [0.2, 0.25) is 17.7 Å². The highest BCUT2D eigenvalue weighted by molar-refractivity contribution is 6.02. The van der Waals surface area contributed by atoms with Crippen LogP contribution in [-0.4, -0.2) is 24.3 Å². The average molecular weight is 343 g/mol. The summed E-state index contributed by atoms with van der Waals surface area (Å²) in [5.74, 6) is -1.39. The molecule has 0 aliphatic rings. The fourth-order valence-corrected chi connectivity index (χ4v) is 2.22. The van der Waals surface area contributed by atoms with Crippen LogP contribution in [0.1, 0.15) is 13.8 Å². The molecule has 0 aromatic heterocycles. The number of halogens is 1. The van der Waals surface area contributed by atoms with E-state index in [1.807, 2.05) is 0 Å². The monoisotopic (exact) mass is 343 g/mol. The van der Waals surface area contributed by atoms with Crippen molar-refractivity contribution < 1.29 is 18.8 Å². The third-order valence-corrected chi connectivity index (χ3v) is 3.29. The number of hydrogen-bond acceptors (Lipinski definition) is 3. The van der Waals surface area contributed by atoms with Crippen LogP contribution in [0.15, 0.2) is 48.5 Å². The maximum absolute atomic E-state index is 12.9. The summed E-state index contributed by atoms with van der Waals surface area (Å²) >= 11 is 0. The molecular formula is C18H18FN3O3. The molecule has 0 aliphatic carbocycles. The Kier molecular flexibility index (Phi) is 5.84. The van der Waals surface area contributed by atoms with Gasteiger partial charge in [-0.15, -0.1) is 0 Å². The van der Waals surface area contributed by atoms with E-state index in [1.165, 1.54) is 43.0 Å². The third kappa shape index (κ3) is 5.42. The van der Waals surface area contributed by atoms with Gasteiger partial charge in [-0.3, -0.25) is 14.4 Å². The number of carbonyl (C=O) groups is 3. The van der Waals surface area contributed by atoms with Crippen molar-refractivity contribution in [2.75, 3.05) is 22.1 Å². The molecule has 2 aromatic rings. The molecule has 6 nitrogen and oxygen atoms in total. The molecule has 25 heavy (non-hydrogen) atoms. The number of anilines is 3. The van der Waals surface area contributed by atoms with Gasteiger partial charge < -0.3 is 15.5 Å². The van der Waals surface area contributed by atoms with Gasteiger partial charge in [-0.05, 0) is 42.5 Å². The summed E-state index contributed by atoms with van der Waals surface area (Å²) in [4.78, 5) is 36.5. The number of nitrogens with zero attached hydrogens (tertiary/aromatic N) is 1. The topological polar surface area (TPSA) is 78.5 Å². The summed E-state index contributed by atoms with van der Waals surface area (Å²) < 4.78 is 12.9. The minimum atomic E-state index is -0.424. The molecule has 2 N–H and O–H groups in total. The Morgan fingerprint density at radius 1 is 0.960 bits per heavy atom. The van der Waals surface area contributed by atoms with Crippen LogP contribution >= 0.6 is 0 Å². The highest BCUT2D eigenvalue weighted by atomic mass is 19.1. The predicted molar refractivity (Wildman–Crippen MR) is 93.8 cm³/mol. The lowest BCUT2D eigenvalue weighted by molar-refractivity contribution is -0.120. The van der Waals surface area contributed by atoms with E-state index in [9.17, 15) is 18.8 Å². The second-order valence-electron chi connectivity index (χ2n) is 5.39. The maximum atomic E-state index is 12.9. The first-order chi connectivity index (χ1) is 11.8. The SMILES string of the molecule is CC(=O)Nc1cccc(N(CC(=O)Nc2ccc(F)cc2)C(C)=O)c1. The molecular weight excluding hydrogens is 325 g/mol. The average Bonchev–Trinajstić information content (AvgIpc) is 2.54. The van der Waals surface area contributed by atoms with Gasteiger partial charge in [0.05, 0.1) is 0 Å². The van der Waals surface area contributed by atoms with E-state index in [0.717, 1.165) is 0 Å². The zero-order chi connectivity index (χ0) is 18.4. The molecule has 0 bridgehead atoms. The standard InChI is InChI=1S/C18H18FN3O3/c1-12(23)20-16-4-3-5-17(10-16)22(13(2)24)11-18(25)21-15-8-6-14(19)7-9-15/h3-10H,11H2,1-2H3,(H,20,23)(H,21,25). The van der Waals surface area contributed by atoms with E-state index in [1.54, 1.807) is 24.3 Å². The Morgan fingerprint density at radius 3 is 2.24 bits per heavy atom. The Bertz CT molecular complexity index is 790. The van der Waals surface area contributed by atoms with Crippen LogP contribution in [0.5, 0.6) is 0 Å². The normalized spacial score (nSPS) is 10.0. The minimum absolute atomic E-state index is 0.212. The van der Waals surface area contributed by atoms with Crippen LogP contribution in [-0.2, 0) is 14.4 Å². The van der Waals surface area contributed by atoms with Crippen LogP contribution in [0.3, 0.4) is 0 Å². The molecule has 0 saturated heterocycles. The lowest BCUT2D eigenvalue weighted by atomic mass is 10.2. The van der Waals surface area contributed by atoms with Gasteiger partial charge in [-0.2, -0.15) is 0 Å². The summed E-state index contributed by atoms with van der Waals surface area (Å²) in [7, 11) is 0. The summed E-state index contributed by atoms with van der Waals surface area (Å²) in [5, 5.41) is 5.23. The van der Waals surface area contributed by atoms with Gasteiger partial charge in [0.15, 0.2) is 0 Å². The molecule has 0 spiro atoms. The molecule has 2 aromatic carbocycles. The van der Waals surface area contributed by atoms with Gasteiger partial charge >= 0.3 is 0 Å². The quantitative estimate of drug-likeness (QED) is 0.876. The lowest BCUT2D eigenvalue weighted by Crippen LogP contribution is -2.36. The summed E-state index contributed by atoms with van der Waals surface area (Å²) in [6, 6.07) is 12.0. The van der Waals surface area contributed by atoms with Crippen molar-refractivity contribution >= 4 is 34.8 Å². The first-order valence-corrected chi connectivity index (χ1v) is 7.56. The first kappa shape index (κ1) is 18.1. The maximum Gasteiger partial charge on any atom is 0.244 e. The Morgan fingerprint density at radius 2 is 1.64 bits per heavy atom. The largest absolute Gasteiger partial charge is 0.326 e. The molecule has 7 heteroatoms. The van der Waals surface area contributed by atoms with Crippen LogP contribution in [0, 0.1) is 5.82 Å². The molecule has 0 saturated carbocycles. The summed E-state index contributed by atoms with van der Waals surface area (Å²) in [6.07, 6.45) is 0. The molecule has 2 rings (SSSR count). The van der Waals surface area contributed by atoms with Gasteiger partial charge in [-0.1, -0.05) is 6.07 Å². The fraction of sp³-hybridized carbons (Fsp3) is 0.167. The zero-order valence-electron chi connectivity index (χ0n) is 13.9. The highest BCUT2D eigenvalue weighted by Gasteiger charge is 2.16. The van der Waals surface area contributed by atoms with Crippen LogP contribution in [0.4, 0.5) is 21.5 Å². The second-order valence-corrected chi connectivity index (χ2v) is 5.39. The van der Waals surface area contributed by atoms with Crippen molar-refractivity contribution in [1.29, 1.82) is 0 Å². The number of rotatable bonds is 5. The third-order valence-electron chi connectivity index (χ3n) is 3.29. The van der Waals surface area contributed by atoms with Crippen molar-refractivity contribution in [2.24, 2.45) is 0 Å². The minimum Gasteiger partial charge on any atom is -0.326 e. The molecule has 0 radical (unpaired) electrons. The summed E-state index contributed by atoms with van der Waals surface area (Å²) in [6.45, 7) is 2.51. The highest BCUT2D eigenvalue weighted by Crippen LogP contribution is 2.20. The number of benzene rings is 2. The van der Waals surface area contributed by atoms with Crippen molar-refractivity contribution in [2.45, 2.75) is 13.8 Å². The Balaban J connectivity index is 2.12. The van der Waals surface area contributed by atoms with E-state index >= 15 is 0 Å². The molecule has 0 atom stereocenters.